The van der Waals surface area contributed by atoms with E-state index in [2.05, 4.69) is 17.2 Å². The van der Waals surface area contributed by atoms with E-state index in [4.69, 9.17) is 0 Å². The zero-order valence-electron chi connectivity index (χ0n) is 9.12. The largest absolute Gasteiger partial charge is 0.349 e. The molecule has 2 N–H and O–H groups in total. The third-order valence-corrected chi connectivity index (χ3v) is 1.87. The van der Waals surface area contributed by atoms with E-state index >= 15 is 0 Å². The van der Waals surface area contributed by atoms with Gasteiger partial charge in [-0.05, 0) is 24.3 Å². The second-order valence-electron chi connectivity index (χ2n) is 3.26. The van der Waals surface area contributed by atoms with E-state index in [1.165, 1.54) is 6.92 Å². The SMILES string of the molecule is C=CCNC(=O)c1ccc(NC(C)=O)cc1. The number of rotatable bonds is 4. The maximum Gasteiger partial charge on any atom is 0.251 e. The fraction of sp³-hybridized carbons (Fsp3) is 0.167. The molecule has 0 heterocycles. The number of benzene rings is 1. The number of anilines is 1. The van der Waals surface area contributed by atoms with E-state index in [0.29, 0.717) is 17.8 Å². The molecule has 2 amide bonds. The Morgan fingerprint density at radius 2 is 1.94 bits per heavy atom. The lowest BCUT2D eigenvalue weighted by Crippen LogP contribution is -2.23. The maximum absolute atomic E-state index is 11.5. The maximum atomic E-state index is 11.5. The third kappa shape index (κ3) is 3.57. The third-order valence-electron chi connectivity index (χ3n) is 1.87. The first-order valence-corrected chi connectivity index (χ1v) is 4.90. The molecule has 0 aliphatic heterocycles. The lowest BCUT2D eigenvalue weighted by molar-refractivity contribution is -0.114. The minimum Gasteiger partial charge on any atom is -0.349 e. The summed E-state index contributed by atoms with van der Waals surface area (Å²) in [5, 5.41) is 5.29. The van der Waals surface area contributed by atoms with Gasteiger partial charge in [0.25, 0.3) is 5.91 Å². The quantitative estimate of drug-likeness (QED) is 0.753. The van der Waals surface area contributed by atoms with Crippen molar-refractivity contribution in [1.82, 2.24) is 5.32 Å². The average Bonchev–Trinajstić information content (AvgIpc) is 2.26. The van der Waals surface area contributed by atoms with Crippen LogP contribution < -0.4 is 10.6 Å². The van der Waals surface area contributed by atoms with E-state index in [9.17, 15) is 9.59 Å². The number of amides is 2. The van der Waals surface area contributed by atoms with Crippen molar-refractivity contribution in [2.75, 3.05) is 11.9 Å². The summed E-state index contributed by atoms with van der Waals surface area (Å²) in [6.07, 6.45) is 1.61. The van der Waals surface area contributed by atoms with Gasteiger partial charge in [-0.2, -0.15) is 0 Å². The molecule has 84 valence electrons. The van der Waals surface area contributed by atoms with Crippen LogP contribution >= 0.6 is 0 Å². The number of nitrogens with one attached hydrogen (secondary N) is 2. The molecular weight excluding hydrogens is 204 g/mol. The molecule has 0 radical (unpaired) electrons. The Hall–Kier alpha value is -2.10. The van der Waals surface area contributed by atoms with Crippen LogP contribution in [-0.4, -0.2) is 18.4 Å². The molecule has 4 nitrogen and oxygen atoms in total. The Morgan fingerprint density at radius 3 is 2.44 bits per heavy atom. The van der Waals surface area contributed by atoms with Gasteiger partial charge in [0.1, 0.15) is 0 Å². The van der Waals surface area contributed by atoms with Crippen molar-refractivity contribution in [2.24, 2.45) is 0 Å². The highest BCUT2D eigenvalue weighted by Gasteiger charge is 2.03. The fourth-order valence-corrected chi connectivity index (χ4v) is 1.18. The summed E-state index contributed by atoms with van der Waals surface area (Å²) in [5.74, 6) is -0.293. The van der Waals surface area contributed by atoms with Gasteiger partial charge in [0.2, 0.25) is 5.91 Å². The molecule has 0 atom stereocenters. The molecule has 0 aliphatic carbocycles. The highest BCUT2D eigenvalue weighted by Crippen LogP contribution is 2.09. The topological polar surface area (TPSA) is 58.2 Å². The van der Waals surface area contributed by atoms with Crippen LogP contribution in [0.3, 0.4) is 0 Å². The van der Waals surface area contributed by atoms with Crippen molar-refractivity contribution in [2.45, 2.75) is 6.92 Å². The molecule has 0 saturated heterocycles. The molecule has 0 unspecified atom stereocenters. The standard InChI is InChI=1S/C12H14N2O2/c1-3-8-13-12(16)10-4-6-11(7-5-10)14-9(2)15/h3-7H,1,8H2,2H3,(H,13,16)(H,14,15). The van der Waals surface area contributed by atoms with Gasteiger partial charge < -0.3 is 10.6 Å². The van der Waals surface area contributed by atoms with Gasteiger partial charge in [-0.3, -0.25) is 9.59 Å². The average molecular weight is 218 g/mol. The van der Waals surface area contributed by atoms with Crippen LogP contribution in [0.15, 0.2) is 36.9 Å². The van der Waals surface area contributed by atoms with Gasteiger partial charge in [-0.25, -0.2) is 0 Å². The van der Waals surface area contributed by atoms with Crippen molar-refractivity contribution >= 4 is 17.5 Å². The van der Waals surface area contributed by atoms with Crippen LogP contribution in [-0.2, 0) is 4.79 Å². The van der Waals surface area contributed by atoms with E-state index in [1.54, 1.807) is 30.3 Å². The number of carbonyl (C=O) groups excluding carboxylic acids is 2. The predicted octanol–water partition coefficient (Wildman–Crippen LogP) is 1.56. The van der Waals surface area contributed by atoms with Gasteiger partial charge in [0, 0.05) is 24.7 Å². The van der Waals surface area contributed by atoms with Crippen LogP contribution in [0.2, 0.25) is 0 Å². The second kappa shape index (κ2) is 5.70. The minimum atomic E-state index is -0.158. The summed E-state index contributed by atoms with van der Waals surface area (Å²) in [5.41, 5.74) is 1.23. The van der Waals surface area contributed by atoms with Gasteiger partial charge in [-0.15, -0.1) is 6.58 Å². The van der Waals surface area contributed by atoms with Gasteiger partial charge in [-0.1, -0.05) is 6.08 Å². The van der Waals surface area contributed by atoms with Crippen LogP contribution in [0.25, 0.3) is 0 Å². The van der Waals surface area contributed by atoms with Crippen LogP contribution in [0.5, 0.6) is 0 Å². The second-order valence-corrected chi connectivity index (χ2v) is 3.26. The molecule has 0 aliphatic rings. The lowest BCUT2D eigenvalue weighted by Gasteiger charge is -2.04. The summed E-state index contributed by atoms with van der Waals surface area (Å²) in [6.45, 7) is 5.38. The number of carbonyl (C=O) groups is 2. The first-order valence-electron chi connectivity index (χ1n) is 4.90. The van der Waals surface area contributed by atoms with Gasteiger partial charge in [0.05, 0.1) is 0 Å². The molecule has 0 aromatic heterocycles. The van der Waals surface area contributed by atoms with E-state index < -0.39 is 0 Å². The van der Waals surface area contributed by atoms with Crippen molar-refractivity contribution in [1.29, 1.82) is 0 Å². The summed E-state index contributed by atoms with van der Waals surface area (Å²) in [7, 11) is 0. The lowest BCUT2D eigenvalue weighted by atomic mass is 10.2. The van der Waals surface area contributed by atoms with Crippen molar-refractivity contribution in [3.63, 3.8) is 0 Å². The Bertz CT molecular complexity index is 396. The normalized spacial score (nSPS) is 9.31. The molecule has 1 aromatic rings. The van der Waals surface area contributed by atoms with Crippen molar-refractivity contribution in [3.05, 3.63) is 42.5 Å². The molecule has 1 aromatic carbocycles. The molecule has 1 rings (SSSR count). The monoisotopic (exact) mass is 218 g/mol. The van der Waals surface area contributed by atoms with Gasteiger partial charge in [0.15, 0.2) is 0 Å². The zero-order chi connectivity index (χ0) is 12.0. The van der Waals surface area contributed by atoms with Crippen LogP contribution in [0.1, 0.15) is 17.3 Å². The molecule has 0 bridgehead atoms. The molecule has 0 fully saturated rings. The van der Waals surface area contributed by atoms with E-state index in [-0.39, 0.29) is 11.8 Å². The molecule has 0 saturated carbocycles. The highest BCUT2D eigenvalue weighted by molar-refractivity contribution is 5.95. The number of hydrogen-bond donors (Lipinski definition) is 2. The highest BCUT2D eigenvalue weighted by atomic mass is 16.2. The molecular formula is C12H14N2O2. The van der Waals surface area contributed by atoms with Crippen molar-refractivity contribution in [3.8, 4) is 0 Å². The van der Waals surface area contributed by atoms with Gasteiger partial charge >= 0.3 is 0 Å². The van der Waals surface area contributed by atoms with E-state index in [1.807, 2.05) is 0 Å². The fourth-order valence-electron chi connectivity index (χ4n) is 1.18. The van der Waals surface area contributed by atoms with Crippen LogP contribution in [0.4, 0.5) is 5.69 Å². The summed E-state index contributed by atoms with van der Waals surface area (Å²) in [4.78, 5) is 22.3. The minimum absolute atomic E-state index is 0.135. The first kappa shape index (κ1) is 12.0. The Labute approximate surface area is 94.4 Å². The Kier molecular flexibility index (Phi) is 4.27. The summed E-state index contributed by atoms with van der Waals surface area (Å²) < 4.78 is 0. The van der Waals surface area contributed by atoms with Crippen molar-refractivity contribution < 1.29 is 9.59 Å². The predicted molar refractivity (Wildman–Crippen MR) is 63.3 cm³/mol. The smallest absolute Gasteiger partial charge is 0.251 e. The summed E-state index contributed by atoms with van der Waals surface area (Å²) >= 11 is 0. The Balaban J connectivity index is 2.66. The Morgan fingerprint density at radius 1 is 1.31 bits per heavy atom. The molecule has 4 heteroatoms. The molecule has 0 spiro atoms. The van der Waals surface area contributed by atoms with Crippen LogP contribution in [0, 0.1) is 0 Å². The zero-order valence-corrected chi connectivity index (χ0v) is 9.12. The number of hydrogen-bond acceptors (Lipinski definition) is 2. The first-order chi connectivity index (χ1) is 7.63. The molecule has 16 heavy (non-hydrogen) atoms. The van der Waals surface area contributed by atoms with E-state index in [0.717, 1.165) is 0 Å². The summed E-state index contributed by atoms with van der Waals surface area (Å²) in [6, 6.07) is 6.68.